The highest BCUT2D eigenvalue weighted by Crippen LogP contribution is 2.44. The van der Waals surface area contributed by atoms with Crippen molar-refractivity contribution in [3.63, 3.8) is 0 Å². The molecule has 0 amide bonds. The number of aromatic nitrogens is 5. The first-order chi connectivity index (χ1) is 19.6. The minimum atomic E-state index is -1.05. The van der Waals surface area contributed by atoms with Crippen LogP contribution in [-0.4, -0.2) is 53.6 Å². The van der Waals surface area contributed by atoms with E-state index in [1.807, 2.05) is 44.6 Å². The zero-order valence-corrected chi connectivity index (χ0v) is 25.4. The Balaban J connectivity index is 1.49. The molecule has 0 spiro atoms. The van der Waals surface area contributed by atoms with Gasteiger partial charge in [0.1, 0.15) is 11.3 Å². The van der Waals surface area contributed by atoms with Gasteiger partial charge in [0.2, 0.25) is 0 Å². The maximum atomic E-state index is 12.7. The molecule has 1 unspecified atom stereocenters. The van der Waals surface area contributed by atoms with Gasteiger partial charge in [0.15, 0.2) is 0 Å². The molecule has 2 aromatic heterocycles. The van der Waals surface area contributed by atoms with Crippen molar-refractivity contribution in [1.82, 2.24) is 29.4 Å². The van der Waals surface area contributed by atoms with Gasteiger partial charge in [-0.25, -0.2) is 9.67 Å². The number of carbonyl (C=O) groups is 1. The maximum Gasteiger partial charge on any atom is 0.310 e. The molecule has 1 saturated heterocycles. The van der Waals surface area contributed by atoms with Crippen LogP contribution in [0.3, 0.4) is 0 Å². The number of hydrogen-bond acceptors (Lipinski definition) is 5. The van der Waals surface area contributed by atoms with E-state index >= 15 is 0 Å². The van der Waals surface area contributed by atoms with Crippen molar-refractivity contribution in [2.24, 2.45) is 11.3 Å². The van der Waals surface area contributed by atoms with Crippen LogP contribution in [0.25, 0.3) is 11.0 Å². The smallest absolute Gasteiger partial charge is 0.310 e. The summed E-state index contributed by atoms with van der Waals surface area (Å²) >= 11 is 0. The minimum Gasteiger partial charge on any atom is -0.481 e. The number of nitrogens with zero attached hydrogens (tertiary/aromatic N) is 6. The number of benzene rings is 2. The Kier molecular flexibility index (Phi) is 8.32. The third kappa shape index (κ3) is 5.67. The number of fused-ring (bicyclic) bond motifs is 1. The van der Waals surface area contributed by atoms with Crippen molar-refractivity contribution >= 4 is 17.0 Å². The van der Waals surface area contributed by atoms with Gasteiger partial charge in [-0.15, -0.1) is 5.10 Å². The van der Waals surface area contributed by atoms with Crippen LogP contribution in [0.1, 0.15) is 86.5 Å². The zero-order chi connectivity index (χ0) is 29.3. The van der Waals surface area contributed by atoms with Crippen molar-refractivity contribution in [2.75, 3.05) is 13.1 Å². The van der Waals surface area contributed by atoms with Gasteiger partial charge in [-0.2, -0.15) is 0 Å². The molecule has 4 aromatic rings. The van der Waals surface area contributed by atoms with Gasteiger partial charge in [0, 0.05) is 31.4 Å². The quantitative estimate of drug-likeness (QED) is 0.251. The molecular formula is C33H44N6O2. The molecule has 5 rings (SSSR count). The lowest BCUT2D eigenvalue weighted by Gasteiger charge is -2.33. The van der Waals surface area contributed by atoms with Crippen molar-refractivity contribution in [1.29, 1.82) is 0 Å². The molecule has 0 bridgehead atoms. The number of carboxylic acids is 1. The fraction of sp³-hybridized carbons (Fsp3) is 0.515. The second-order valence-electron chi connectivity index (χ2n) is 12.3. The Morgan fingerprint density at radius 3 is 2.54 bits per heavy atom. The Hall–Kier alpha value is -3.52. The number of piperidine rings is 1. The molecule has 1 aliphatic heterocycles. The highest BCUT2D eigenvalue weighted by Gasteiger charge is 2.40. The van der Waals surface area contributed by atoms with Crippen LogP contribution in [0.5, 0.6) is 0 Å². The Morgan fingerprint density at radius 1 is 1.10 bits per heavy atom. The average Bonchev–Trinajstić information content (AvgIpc) is 3.59. The monoisotopic (exact) mass is 556 g/mol. The van der Waals surface area contributed by atoms with Gasteiger partial charge in [-0.1, -0.05) is 42.8 Å². The first-order valence-electron chi connectivity index (χ1n) is 15.0. The molecule has 8 nitrogen and oxygen atoms in total. The van der Waals surface area contributed by atoms with Gasteiger partial charge in [0.05, 0.1) is 17.5 Å². The van der Waals surface area contributed by atoms with Crippen LogP contribution in [0, 0.1) is 25.2 Å². The summed E-state index contributed by atoms with van der Waals surface area (Å²) < 4.78 is 4.12. The van der Waals surface area contributed by atoms with E-state index in [0.29, 0.717) is 6.54 Å². The number of carboxylic acid groups (broad SMARTS) is 1. The SMILES string of the molecule is CCC1CCN(Cc2nccn2Cc2cc(C(c3ccc4c(nnn4CC)c3C)C(C)(C)C(=O)O)ccc2C)CC1. The lowest BCUT2D eigenvalue weighted by atomic mass is 9.69. The van der Waals surface area contributed by atoms with E-state index in [4.69, 9.17) is 4.98 Å². The van der Waals surface area contributed by atoms with E-state index in [0.717, 1.165) is 65.6 Å². The molecule has 218 valence electrons. The highest BCUT2D eigenvalue weighted by molar-refractivity contribution is 5.82. The van der Waals surface area contributed by atoms with Crippen LogP contribution >= 0.6 is 0 Å². The Labute approximate surface area is 243 Å². The highest BCUT2D eigenvalue weighted by atomic mass is 16.4. The molecule has 1 aliphatic rings. The first-order valence-corrected chi connectivity index (χ1v) is 15.0. The molecule has 3 heterocycles. The fourth-order valence-corrected chi connectivity index (χ4v) is 6.45. The molecule has 1 N–H and O–H groups in total. The third-order valence-corrected chi connectivity index (χ3v) is 9.36. The number of rotatable bonds is 10. The van der Waals surface area contributed by atoms with E-state index < -0.39 is 11.4 Å². The summed E-state index contributed by atoms with van der Waals surface area (Å²) in [5.74, 6) is 0.734. The van der Waals surface area contributed by atoms with Gasteiger partial charge >= 0.3 is 5.97 Å². The summed E-state index contributed by atoms with van der Waals surface area (Å²) in [7, 11) is 0. The van der Waals surface area contributed by atoms with Crippen molar-refractivity contribution in [2.45, 2.75) is 86.4 Å². The second kappa shape index (κ2) is 11.8. The van der Waals surface area contributed by atoms with Gasteiger partial charge in [-0.05, 0) is 100 Å². The molecule has 1 fully saturated rings. The predicted molar refractivity (Wildman–Crippen MR) is 162 cm³/mol. The van der Waals surface area contributed by atoms with Crippen molar-refractivity contribution in [3.8, 4) is 0 Å². The maximum absolute atomic E-state index is 12.7. The van der Waals surface area contributed by atoms with E-state index in [2.05, 4.69) is 64.1 Å². The minimum absolute atomic E-state index is 0.363. The number of hydrogen-bond donors (Lipinski definition) is 1. The molecule has 1 atom stereocenters. The van der Waals surface area contributed by atoms with Crippen LogP contribution in [0.4, 0.5) is 0 Å². The molecule has 41 heavy (non-hydrogen) atoms. The third-order valence-electron chi connectivity index (χ3n) is 9.36. The van der Waals surface area contributed by atoms with Gasteiger partial charge in [0.25, 0.3) is 0 Å². The predicted octanol–water partition coefficient (Wildman–Crippen LogP) is 6.18. The molecule has 0 aliphatic carbocycles. The molecule has 0 radical (unpaired) electrons. The van der Waals surface area contributed by atoms with Crippen LogP contribution in [0.2, 0.25) is 0 Å². The summed E-state index contributed by atoms with van der Waals surface area (Å²) in [6.45, 7) is 16.7. The van der Waals surface area contributed by atoms with E-state index in [9.17, 15) is 9.90 Å². The van der Waals surface area contributed by atoms with E-state index in [-0.39, 0.29) is 5.92 Å². The summed E-state index contributed by atoms with van der Waals surface area (Å²) in [5, 5.41) is 19.1. The number of likely N-dealkylation sites (tertiary alicyclic amines) is 1. The summed E-state index contributed by atoms with van der Waals surface area (Å²) in [6, 6.07) is 10.5. The Morgan fingerprint density at radius 2 is 1.85 bits per heavy atom. The van der Waals surface area contributed by atoms with Gasteiger partial charge in [-0.3, -0.25) is 9.69 Å². The first kappa shape index (κ1) is 29.0. The van der Waals surface area contributed by atoms with Crippen LogP contribution in [-0.2, 0) is 24.4 Å². The number of aliphatic carboxylic acids is 1. The molecule has 8 heteroatoms. The average molecular weight is 557 g/mol. The second-order valence-corrected chi connectivity index (χ2v) is 12.3. The largest absolute Gasteiger partial charge is 0.481 e. The normalized spacial score (nSPS) is 16.0. The molecule has 0 saturated carbocycles. The van der Waals surface area contributed by atoms with Crippen LogP contribution < -0.4 is 0 Å². The topological polar surface area (TPSA) is 89.1 Å². The van der Waals surface area contributed by atoms with Crippen molar-refractivity contribution in [3.05, 3.63) is 76.4 Å². The summed E-state index contributed by atoms with van der Waals surface area (Å²) in [6.07, 6.45) is 7.75. The zero-order valence-electron chi connectivity index (χ0n) is 25.4. The summed E-state index contributed by atoms with van der Waals surface area (Å²) in [5.41, 5.74) is 6.05. The Bertz CT molecular complexity index is 1530. The van der Waals surface area contributed by atoms with Crippen molar-refractivity contribution < 1.29 is 9.90 Å². The van der Waals surface area contributed by atoms with E-state index in [1.165, 1.54) is 30.4 Å². The fourth-order valence-electron chi connectivity index (χ4n) is 6.45. The summed E-state index contributed by atoms with van der Waals surface area (Å²) in [4.78, 5) is 19.9. The standard InChI is InChI=1S/C33H44N6O2/c1-7-24-13-16-37(17-14-24)21-29-34-15-18-38(29)20-26-19-25(10-9-22(26)3)30(33(5,6)32(40)41)27-11-12-28-31(23(27)4)35-36-39(28)8-2/h9-12,15,18-19,24,30H,7-8,13-14,16-17,20-21H2,1-6H3,(H,40,41). The number of aryl methyl sites for hydroxylation is 3. The molecular weight excluding hydrogens is 512 g/mol. The van der Waals surface area contributed by atoms with E-state index in [1.54, 1.807) is 0 Å². The van der Waals surface area contributed by atoms with Crippen LogP contribution in [0.15, 0.2) is 42.7 Å². The molecule has 2 aromatic carbocycles. The lowest BCUT2D eigenvalue weighted by Crippen LogP contribution is -2.34. The number of imidazole rings is 1. The van der Waals surface area contributed by atoms with Gasteiger partial charge < -0.3 is 9.67 Å². The lowest BCUT2D eigenvalue weighted by molar-refractivity contribution is -0.147.